The van der Waals surface area contributed by atoms with E-state index >= 15 is 0 Å². The molecular weight excluding hydrogens is 412 g/mol. The van der Waals surface area contributed by atoms with Crippen LogP contribution in [0.5, 0.6) is 0 Å². The van der Waals surface area contributed by atoms with Gasteiger partial charge >= 0.3 is 6.18 Å². The average molecular weight is 433 g/mol. The molecule has 3 heterocycles. The molecule has 0 spiro atoms. The van der Waals surface area contributed by atoms with Gasteiger partial charge in [-0.05, 0) is 62.0 Å². The lowest BCUT2D eigenvalue weighted by Crippen LogP contribution is -2.34. The van der Waals surface area contributed by atoms with E-state index in [-0.39, 0.29) is 18.1 Å². The summed E-state index contributed by atoms with van der Waals surface area (Å²) in [4.78, 5) is 14.4. The zero-order chi connectivity index (χ0) is 19.9. The van der Waals surface area contributed by atoms with Gasteiger partial charge < -0.3 is 10.2 Å². The molecule has 0 aliphatic carbocycles. The van der Waals surface area contributed by atoms with Crippen LogP contribution < -0.4 is 5.32 Å². The lowest BCUT2D eigenvalue weighted by molar-refractivity contribution is -0.143. The molecule has 1 amide bonds. The number of fused-ring (bicyclic) bond motifs is 1. The lowest BCUT2D eigenvalue weighted by Gasteiger charge is -2.21. The predicted molar refractivity (Wildman–Crippen MR) is 101 cm³/mol. The van der Waals surface area contributed by atoms with Gasteiger partial charge in [-0.15, -0.1) is 12.4 Å². The van der Waals surface area contributed by atoms with Gasteiger partial charge in [0.1, 0.15) is 5.82 Å². The molecule has 2 fully saturated rings. The van der Waals surface area contributed by atoms with Crippen molar-refractivity contribution in [3.63, 3.8) is 0 Å². The molecule has 0 bridgehead atoms. The van der Waals surface area contributed by atoms with Crippen LogP contribution in [0.25, 0.3) is 5.69 Å². The third kappa shape index (κ3) is 4.25. The molecule has 5 nitrogen and oxygen atoms in total. The molecule has 4 rings (SSSR count). The van der Waals surface area contributed by atoms with Crippen molar-refractivity contribution in [3.8, 4) is 5.69 Å². The van der Waals surface area contributed by atoms with Crippen LogP contribution in [-0.2, 0) is 6.18 Å². The van der Waals surface area contributed by atoms with Gasteiger partial charge in [0.25, 0.3) is 5.91 Å². The van der Waals surface area contributed by atoms with Crippen LogP contribution >= 0.6 is 12.4 Å². The molecule has 2 aliphatic rings. The van der Waals surface area contributed by atoms with E-state index in [0.29, 0.717) is 29.6 Å². The summed E-state index contributed by atoms with van der Waals surface area (Å²) in [7, 11) is 0. The van der Waals surface area contributed by atoms with Crippen molar-refractivity contribution in [3.05, 3.63) is 47.5 Å². The van der Waals surface area contributed by atoms with E-state index in [9.17, 15) is 22.4 Å². The van der Waals surface area contributed by atoms with E-state index in [1.54, 1.807) is 0 Å². The Morgan fingerprint density at radius 1 is 1.07 bits per heavy atom. The molecule has 0 radical (unpaired) electrons. The first kappa shape index (κ1) is 21.6. The van der Waals surface area contributed by atoms with E-state index < -0.39 is 29.2 Å². The fourth-order valence-electron chi connectivity index (χ4n) is 4.15. The highest BCUT2D eigenvalue weighted by Crippen LogP contribution is 2.35. The average Bonchev–Trinajstić information content (AvgIpc) is 3.24. The highest BCUT2D eigenvalue weighted by Gasteiger charge is 2.42. The summed E-state index contributed by atoms with van der Waals surface area (Å²) in [6.45, 7) is 2.65. The maximum absolute atomic E-state index is 13.8. The number of carbonyl (C=O) groups excluding carboxylic acids is 1. The van der Waals surface area contributed by atoms with Gasteiger partial charge in [-0.2, -0.15) is 18.3 Å². The SMILES string of the molecule is Cl.O=C(c1cnn(-c2ccc(F)cc2)c1C(F)(F)F)N1CC[C@@H]2CNC[C@@H]2CC1. The molecule has 2 aliphatic heterocycles. The summed E-state index contributed by atoms with van der Waals surface area (Å²) in [6.07, 6.45) is -2.27. The standard InChI is InChI=1S/C19H20F4N4O.ClH/c20-14-1-3-15(4-2-14)27-17(19(21,22)23)16(11-25-27)18(28)26-7-5-12-9-24-10-13(12)6-8-26;/h1-4,11-13,24H,5-10H2;1H/t12-,13+;. The largest absolute Gasteiger partial charge is 0.434 e. The number of rotatable bonds is 2. The molecule has 158 valence electrons. The summed E-state index contributed by atoms with van der Waals surface area (Å²) < 4.78 is 55.2. The van der Waals surface area contributed by atoms with Gasteiger partial charge in [0.2, 0.25) is 0 Å². The second-order valence-corrected chi connectivity index (χ2v) is 7.34. The topological polar surface area (TPSA) is 50.2 Å². The van der Waals surface area contributed by atoms with Gasteiger partial charge in [0.15, 0.2) is 5.69 Å². The molecule has 0 saturated carbocycles. The van der Waals surface area contributed by atoms with E-state index in [2.05, 4.69) is 10.4 Å². The van der Waals surface area contributed by atoms with Crippen molar-refractivity contribution < 1.29 is 22.4 Å². The number of benzene rings is 1. The smallest absolute Gasteiger partial charge is 0.339 e. The summed E-state index contributed by atoms with van der Waals surface area (Å²) in [6, 6.07) is 4.51. The Morgan fingerprint density at radius 2 is 1.66 bits per heavy atom. The molecule has 2 aromatic rings. The maximum Gasteiger partial charge on any atom is 0.434 e. The number of halogens is 5. The Kier molecular flexibility index (Phi) is 6.19. The van der Waals surface area contributed by atoms with Gasteiger partial charge in [-0.1, -0.05) is 0 Å². The number of nitrogens with zero attached hydrogens (tertiary/aromatic N) is 3. The highest BCUT2D eigenvalue weighted by molar-refractivity contribution is 5.95. The number of alkyl halides is 3. The van der Waals surface area contributed by atoms with Gasteiger partial charge in [-0.25, -0.2) is 9.07 Å². The first-order chi connectivity index (χ1) is 13.3. The summed E-state index contributed by atoms with van der Waals surface area (Å²) in [5.74, 6) is -0.303. The van der Waals surface area contributed by atoms with E-state index in [0.717, 1.165) is 44.3 Å². The van der Waals surface area contributed by atoms with Crippen molar-refractivity contribution >= 4 is 18.3 Å². The zero-order valence-corrected chi connectivity index (χ0v) is 16.3. The van der Waals surface area contributed by atoms with Gasteiger partial charge in [-0.3, -0.25) is 4.79 Å². The third-order valence-electron chi connectivity index (χ3n) is 5.65. The number of hydrogen-bond acceptors (Lipinski definition) is 3. The Morgan fingerprint density at radius 3 is 2.21 bits per heavy atom. The summed E-state index contributed by atoms with van der Waals surface area (Å²) in [5.41, 5.74) is -1.55. The van der Waals surface area contributed by atoms with Crippen molar-refractivity contribution in [2.24, 2.45) is 11.8 Å². The Hall–Kier alpha value is -2.13. The molecule has 2 saturated heterocycles. The van der Waals surface area contributed by atoms with Crippen molar-refractivity contribution in [1.82, 2.24) is 20.0 Å². The third-order valence-corrected chi connectivity index (χ3v) is 5.65. The predicted octanol–water partition coefficient (Wildman–Crippen LogP) is 3.52. The van der Waals surface area contributed by atoms with Crippen LogP contribution in [0.1, 0.15) is 28.9 Å². The van der Waals surface area contributed by atoms with Crippen LogP contribution in [0.4, 0.5) is 17.6 Å². The Balaban J connectivity index is 0.00000240. The number of nitrogens with one attached hydrogen (secondary N) is 1. The number of carbonyl (C=O) groups is 1. The normalized spacial score (nSPS) is 22.0. The monoisotopic (exact) mass is 432 g/mol. The van der Waals surface area contributed by atoms with E-state index in [4.69, 9.17) is 0 Å². The van der Waals surface area contributed by atoms with Gasteiger partial charge in [0, 0.05) is 13.1 Å². The summed E-state index contributed by atoms with van der Waals surface area (Å²) in [5, 5.41) is 7.13. The molecule has 2 atom stereocenters. The van der Waals surface area contributed by atoms with Gasteiger partial charge in [0.05, 0.1) is 17.4 Å². The highest BCUT2D eigenvalue weighted by atomic mass is 35.5. The Labute approximate surface area is 171 Å². The number of hydrogen-bond donors (Lipinski definition) is 1. The first-order valence-electron chi connectivity index (χ1n) is 9.26. The van der Waals surface area contributed by atoms with Crippen LogP contribution in [0, 0.1) is 17.7 Å². The minimum absolute atomic E-state index is 0. The molecule has 1 aromatic carbocycles. The zero-order valence-electron chi connectivity index (χ0n) is 15.5. The quantitative estimate of drug-likeness (QED) is 0.739. The second kappa shape index (κ2) is 8.31. The molecule has 0 unspecified atom stereocenters. The molecule has 1 aromatic heterocycles. The van der Waals surface area contributed by atoms with E-state index in [1.165, 1.54) is 17.0 Å². The fraction of sp³-hybridized carbons (Fsp3) is 0.474. The first-order valence-corrected chi connectivity index (χ1v) is 9.26. The number of amides is 1. The van der Waals surface area contributed by atoms with Crippen molar-refractivity contribution in [2.75, 3.05) is 26.2 Å². The van der Waals surface area contributed by atoms with Crippen LogP contribution in [0.2, 0.25) is 0 Å². The van der Waals surface area contributed by atoms with Crippen LogP contribution in [0.15, 0.2) is 30.5 Å². The molecule has 10 heteroatoms. The number of likely N-dealkylation sites (tertiary alicyclic amines) is 1. The molecular formula is C19H21ClF4N4O. The minimum Gasteiger partial charge on any atom is -0.339 e. The molecule has 29 heavy (non-hydrogen) atoms. The Bertz CT molecular complexity index is 854. The summed E-state index contributed by atoms with van der Waals surface area (Å²) >= 11 is 0. The van der Waals surface area contributed by atoms with Crippen LogP contribution in [0.3, 0.4) is 0 Å². The maximum atomic E-state index is 13.8. The minimum atomic E-state index is -4.78. The second-order valence-electron chi connectivity index (χ2n) is 7.34. The van der Waals surface area contributed by atoms with Crippen molar-refractivity contribution in [1.29, 1.82) is 0 Å². The lowest BCUT2D eigenvalue weighted by atomic mass is 9.92. The van der Waals surface area contributed by atoms with Crippen molar-refractivity contribution in [2.45, 2.75) is 19.0 Å². The number of aromatic nitrogens is 2. The van der Waals surface area contributed by atoms with E-state index in [1.807, 2.05) is 0 Å². The molecule has 1 N–H and O–H groups in total. The fourth-order valence-corrected chi connectivity index (χ4v) is 4.15. The van der Waals surface area contributed by atoms with Crippen LogP contribution in [-0.4, -0.2) is 46.8 Å².